The van der Waals surface area contributed by atoms with Crippen molar-refractivity contribution < 1.29 is 23.5 Å². The first kappa shape index (κ1) is 27.5. The van der Waals surface area contributed by atoms with Crippen LogP contribution >= 0.6 is 34.5 Å². The van der Waals surface area contributed by atoms with Gasteiger partial charge in [0.1, 0.15) is 13.1 Å². The van der Waals surface area contributed by atoms with Crippen molar-refractivity contribution in [2.75, 3.05) is 23.9 Å². The summed E-state index contributed by atoms with van der Waals surface area (Å²) in [5.74, 6) is -2.13. The van der Waals surface area contributed by atoms with Gasteiger partial charge in [0.05, 0.1) is 11.6 Å². The van der Waals surface area contributed by atoms with Gasteiger partial charge in [-0.1, -0.05) is 34.5 Å². The van der Waals surface area contributed by atoms with Crippen LogP contribution in [0.3, 0.4) is 0 Å². The fourth-order valence-corrected chi connectivity index (χ4v) is 5.03. The van der Waals surface area contributed by atoms with Crippen LogP contribution in [0.15, 0.2) is 34.0 Å². The van der Waals surface area contributed by atoms with E-state index < -0.39 is 47.5 Å². The number of carbonyl (C=O) groups is 2. The molecule has 0 radical (unpaired) electrons. The third-order valence-corrected chi connectivity index (χ3v) is 7.07. The number of aromatic nitrogens is 4. The van der Waals surface area contributed by atoms with E-state index in [1.54, 1.807) is 12.1 Å². The van der Waals surface area contributed by atoms with Crippen LogP contribution in [0.1, 0.15) is 5.56 Å². The number of H-pyrrole nitrogens is 1. The normalized spacial score (nSPS) is 11.8. The highest BCUT2D eigenvalue weighted by Gasteiger charge is 2.22. The number of benzene rings is 1. The predicted molar refractivity (Wildman–Crippen MR) is 132 cm³/mol. The third kappa shape index (κ3) is 6.76. The van der Waals surface area contributed by atoms with E-state index in [-0.39, 0.29) is 28.8 Å². The Morgan fingerprint density at radius 3 is 2.61 bits per heavy atom. The number of aryl methyl sites for hydroxylation is 1. The Kier molecular flexibility index (Phi) is 8.97. The molecule has 1 amide bonds. The lowest BCUT2D eigenvalue weighted by atomic mass is 10.2. The van der Waals surface area contributed by atoms with Gasteiger partial charge in [0.15, 0.2) is 5.01 Å². The average molecular weight is 576 g/mol. The van der Waals surface area contributed by atoms with Crippen molar-refractivity contribution in [1.29, 1.82) is 0 Å². The summed E-state index contributed by atoms with van der Waals surface area (Å²) in [6, 6.07) is 4.67. The second-order valence-electron chi connectivity index (χ2n) is 7.24. The smallest absolute Gasteiger partial charge is 0.328 e. The number of carbonyl (C=O) groups excluding carboxylic acids is 1. The molecular formula is C19H17Cl2N6O7S2-. The molecule has 192 valence electrons. The standard InChI is InChI=1S/C19H18Cl2N6O7S2/c1-10-7-26(18(32)22-16(10)31)8-14(28)25(9-15(29)30)4-5-27(36(33)34)19-24-23-17(35-19)12-3-2-11(20)6-13(12)21/h2-3,6-7H,4-5,8-9H2,1H3,(H,29,30)(H,33,34)(H,22,31,32)/p-1. The maximum Gasteiger partial charge on any atom is 0.328 e. The fourth-order valence-electron chi connectivity index (χ4n) is 2.97. The Labute approximate surface area is 219 Å². The molecule has 0 bridgehead atoms. The summed E-state index contributed by atoms with van der Waals surface area (Å²) >= 11 is 10.1. The van der Waals surface area contributed by atoms with Crippen LogP contribution < -0.4 is 15.6 Å². The minimum absolute atomic E-state index is 0.0421. The van der Waals surface area contributed by atoms with E-state index in [4.69, 9.17) is 23.2 Å². The summed E-state index contributed by atoms with van der Waals surface area (Å²) in [6.45, 7) is -0.576. The summed E-state index contributed by atoms with van der Waals surface area (Å²) < 4.78 is 25.5. The number of amides is 1. The second-order valence-corrected chi connectivity index (χ2v) is 9.92. The molecule has 2 heterocycles. The van der Waals surface area contributed by atoms with Gasteiger partial charge in [-0.3, -0.25) is 32.4 Å². The van der Waals surface area contributed by atoms with Crippen LogP contribution in [-0.4, -0.2) is 70.0 Å². The molecule has 0 aliphatic carbocycles. The maximum atomic E-state index is 12.8. The first-order valence-electron chi connectivity index (χ1n) is 9.92. The van der Waals surface area contributed by atoms with Crippen LogP contribution in [-0.2, 0) is 27.4 Å². The zero-order valence-electron chi connectivity index (χ0n) is 18.3. The highest BCUT2D eigenvalue weighted by Crippen LogP contribution is 2.34. The summed E-state index contributed by atoms with van der Waals surface area (Å²) in [7, 11) is 0. The fraction of sp³-hybridized carbons (Fsp3) is 0.263. The summed E-state index contributed by atoms with van der Waals surface area (Å²) in [6.07, 6.45) is 1.17. The van der Waals surface area contributed by atoms with Gasteiger partial charge in [0, 0.05) is 40.2 Å². The number of rotatable bonds is 10. The number of nitrogens with zero attached hydrogens (tertiary/aromatic N) is 5. The van der Waals surface area contributed by atoms with Gasteiger partial charge in [-0.25, -0.2) is 4.79 Å². The molecule has 3 rings (SSSR count). The largest absolute Gasteiger partial charge is 0.755 e. The molecule has 0 saturated heterocycles. The zero-order valence-corrected chi connectivity index (χ0v) is 21.5. The molecule has 1 atom stereocenters. The van der Waals surface area contributed by atoms with E-state index in [9.17, 15) is 33.0 Å². The van der Waals surface area contributed by atoms with E-state index in [2.05, 4.69) is 10.2 Å². The number of hydrogen-bond acceptors (Lipinski definition) is 9. The Hall–Kier alpha value is -3.11. The molecule has 0 aliphatic rings. The lowest BCUT2D eigenvalue weighted by Crippen LogP contribution is -2.44. The number of anilines is 1. The Balaban J connectivity index is 1.79. The molecule has 1 aromatic carbocycles. The van der Waals surface area contributed by atoms with Crippen molar-refractivity contribution in [2.24, 2.45) is 0 Å². The van der Waals surface area contributed by atoms with E-state index >= 15 is 0 Å². The predicted octanol–water partition coefficient (Wildman–Crippen LogP) is 0.884. The lowest BCUT2D eigenvalue weighted by Gasteiger charge is -2.27. The van der Waals surface area contributed by atoms with Gasteiger partial charge in [-0.05, 0) is 25.1 Å². The SMILES string of the molecule is Cc1cn(CC(=O)N(CCN(c2nnc(-c3ccc(Cl)cc3Cl)s2)S(=O)[O-])CC(=O)O)c(=O)[nH]c1=O. The Morgan fingerprint density at radius 1 is 1.25 bits per heavy atom. The molecule has 0 aliphatic heterocycles. The first-order valence-corrected chi connectivity index (χ1v) is 12.5. The van der Waals surface area contributed by atoms with Crippen molar-refractivity contribution in [1.82, 2.24) is 24.6 Å². The van der Waals surface area contributed by atoms with E-state index in [0.29, 0.717) is 15.6 Å². The second kappa shape index (κ2) is 11.7. The van der Waals surface area contributed by atoms with E-state index in [0.717, 1.165) is 25.1 Å². The molecule has 2 aromatic heterocycles. The molecule has 0 spiro atoms. The quantitative estimate of drug-likeness (QED) is 0.331. The molecule has 3 aromatic rings. The molecule has 17 heteroatoms. The first-order chi connectivity index (χ1) is 17.0. The van der Waals surface area contributed by atoms with E-state index in [1.165, 1.54) is 19.2 Å². The number of halogens is 2. The molecule has 0 fully saturated rings. The number of nitrogens with one attached hydrogen (secondary N) is 1. The number of aromatic amines is 1. The van der Waals surface area contributed by atoms with Gasteiger partial charge < -0.3 is 14.6 Å². The molecule has 1 unspecified atom stereocenters. The van der Waals surface area contributed by atoms with Gasteiger partial charge in [0.25, 0.3) is 5.56 Å². The van der Waals surface area contributed by atoms with Crippen LogP contribution in [0, 0.1) is 6.92 Å². The maximum absolute atomic E-state index is 12.8. The van der Waals surface area contributed by atoms with Gasteiger partial charge in [-0.2, -0.15) is 0 Å². The Bertz CT molecular complexity index is 1440. The monoisotopic (exact) mass is 575 g/mol. The lowest BCUT2D eigenvalue weighted by molar-refractivity contribution is -0.144. The van der Waals surface area contributed by atoms with Gasteiger partial charge in [-0.15, -0.1) is 10.2 Å². The molecule has 2 N–H and O–H groups in total. The molecule has 36 heavy (non-hydrogen) atoms. The van der Waals surface area contributed by atoms with Crippen molar-refractivity contribution >= 4 is 62.8 Å². The minimum Gasteiger partial charge on any atom is -0.755 e. The van der Waals surface area contributed by atoms with Crippen LogP contribution in [0.5, 0.6) is 0 Å². The molecular weight excluding hydrogens is 559 g/mol. The summed E-state index contributed by atoms with van der Waals surface area (Å²) in [4.78, 5) is 50.5. The highest BCUT2D eigenvalue weighted by molar-refractivity contribution is 7.80. The van der Waals surface area contributed by atoms with Crippen molar-refractivity contribution in [3.8, 4) is 10.6 Å². The zero-order chi connectivity index (χ0) is 26.6. The number of aliphatic carboxylic acids is 1. The average Bonchev–Trinajstić information content (AvgIpc) is 3.25. The van der Waals surface area contributed by atoms with E-state index in [1.807, 2.05) is 4.98 Å². The van der Waals surface area contributed by atoms with Crippen LogP contribution in [0.4, 0.5) is 5.13 Å². The molecule has 13 nitrogen and oxygen atoms in total. The minimum atomic E-state index is -2.84. The topological polar surface area (TPSA) is 182 Å². The Morgan fingerprint density at radius 2 is 1.97 bits per heavy atom. The van der Waals surface area contributed by atoms with Gasteiger partial charge >= 0.3 is 11.7 Å². The third-order valence-electron chi connectivity index (χ3n) is 4.72. The number of hydrogen-bond donors (Lipinski definition) is 2. The van der Waals surface area contributed by atoms with Gasteiger partial charge in [0.2, 0.25) is 11.0 Å². The van der Waals surface area contributed by atoms with Crippen molar-refractivity contribution in [2.45, 2.75) is 13.5 Å². The number of carboxylic acids is 1. The van der Waals surface area contributed by atoms with Crippen LogP contribution in [0.25, 0.3) is 10.6 Å². The summed E-state index contributed by atoms with van der Waals surface area (Å²) in [5.41, 5.74) is -0.812. The highest BCUT2D eigenvalue weighted by atomic mass is 35.5. The molecule has 0 saturated carbocycles. The van der Waals surface area contributed by atoms with Crippen molar-refractivity contribution in [3.63, 3.8) is 0 Å². The summed E-state index contributed by atoms with van der Waals surface area (Å²) in [5, 5.41) is 18.0. The number of carboxylic acid groups (broad SMARTS) is 1. The van der Waals surface area contributed by atoms with Crippen LogP contribution in [0.2, 0.25) is 10.0 Å². The van der Waals surface area contributed by atoms with Crippen molar-refractivity contribution in [3.05, 3.63) is 60.8 Å².